The fourth-order valence-electron chi connectivity index (χ4n) is 3.40. The Labute approximate surface area is 180 Å². The minimum atomic E-state index is -3.77. The molecule has 0 radical (unpaired) electrons. The number of rotatable bonds is 5. The predicted octanol–water partition coefficient (Wildman–Crippen LogP) is 3.08. The number of nitrogens with zero attached hydrogens (tertiary/aromatic N) is 4. The predicted molar refractivity (Wildman–Crippen MR) is 114 cm³/mol. The maximum Gasteiger partial charge on any atom is 0.243 e. The van der Waals surface area contributed by atoms with Gasteiger partial charge in [0.1, 0.15) is 17.7 Å². The Hall–Kier alpha value is -2.82. The Morgan fingerprint density at radius 3 is 2.68 bits per heavy atom. The van der Waals surface area contributed by atoms with Crippen LogP contribution in [0, 0.1) is 19.7 Å². The van der Waals surface area contributed by atoms with Gasteiger partial charge in [-0.05, 0) is 49.7 Å². The molecule has 1 N–H and O–H groups in total. The van der Waals surface area contributed by atoms with Gasteiger partial charge in [-0.1, -0.05) is 6.07 Å². The Morgan fingerprint density at radius 1 is 1.16 bits per heavy atom. The summed E-state index contributed by atoms with van der Waals surface area (Å²) in [6.07, 6.45) is -0.516. The summed E-state index contributed by atoms with van der Waals surface area (Å²) in [5.74, 6) is 0.828. The monoisotopic (exact) mass is 445 g/mol. The van der Waals surface area contributed by atoms with Crippen LogP contribution in [-0.4, -0.2) is 47.2 Å². The molecule has 2 aromatic heterocycles. The molecule has 1 fully saturated rings. The van der Waals surface area contributed by atoms with Crippen molar-refractivity contribution in [2.75, 3.05) is 25.0 Å². The average Bonchev–Trinajstić information content (AvgIpc) is 3.07. The molecule has 0 bridgehead atoms. The highest BCUT2D eigenvalue weighted by Gasteiger charge is 2.32. The zero-order valence-corrected chi connectivity index (χ0v) is 18.4. The van der Waals surface area contributed by atoms with Gasteiger partial charge in [0, 0.05) is 31.9 Å². The first-order chi connectivity index (χ1) is 14.7. The van der Waals surface area contributed by atoms with Crippen LogP contribution in [-0.2, 0) is 21.8 Å². The summed E-state index contributed by atoms with van der Waals surface area (Å²) in [5.41, 5.74) is 1.91. The lowest BCUT2D eigenvalue weighted by Crippen LogP contribution is -2.42. The highest BCUT2D eigenvalue weighted by atomic mass is 32.2. The van der Waals surface area contributed by atoms with Gasteiger partial charge >= 0.3 is 0 Å². The van der Waals surface area contributed by atoms with E-state index >= 15 is 0 Å². The van der Waals surface area contributed by atoms with Crippen molar-refractivity contribution in [2.45, 2.75) is 24.8 Å². The summed E-state index contributed by atoms with van der Waals surface area (Å²) in [6, 6.07) is 11.2. The van der Waals surface area contributed by atoms with Gasteiger partial charge in [0.15, 0.2) is 5.82 Å². The van der Waals surface area contributed by atoms with E-state index in [9.17, 15) is 12.8 Å². The van der Waals surface area contributed by atoms with Crippen LogP contribution in [0.15, 0.2) is 47.4 Å². The van der Waals surface area contributed by atoms with Gasteiger partial charge in [-0.25, -0.2) is 17.8 Å². The maximum absolute atomic E-state index is 13.6. The van der Waals surface area contributed by atoms with Gasteiger partial charge in [0.2, 0.25) is 10.0 Å². The molecule has 31 heavy (non-hydrogen) atoms. The average molecular weight is 446 g/mol. The van der Waals surface area contributed by atoms with Crippen molar-refractivity contribution in [2.24, 2.45) is 7.05 Å². The number of hydrogen-bond donors (Lipinski definition) is 1. The van der Waals surface area contributed by atoms with Crippen LogP contribution in [0.25, 0.3) is 0 Å². The lowest BCUT2D eigenvalue weighted by molar-refractivity contribution is -0.00486. The molecule has 0 saturated carbocycles. The van der Waals surface area contributed by atoms with E-state index in [4.69, 9.17) is 4.74 Å². The number of ether oxygens (including phenoxy) is 1. The molecule has 4 rings (SSSR count). The second-order valence-electron chi connectivity index (χ2n) is 7.50. The van der Waals surface area contributed by atoms with E-state index in [-0.39, 0.29) is 30.2 Å². The van der Waals surface area contributed by atoms with E-state index < -0.39 is 21.9 Å². The number of halogens is 1. The first-order valence-electron chi connectivity index (χ1n) is 9.86. The quantitative estimate of drug-likeness (QED) is 0.649. The van der Waals surface area contributed by atoms with E-state index in [0.717, 1.165) is 5.69 Å². The van der Waals surface area contributed by atoms with Gasteiger partial charge in [-0.2, -0.15) is 9.40 Å². The largest absolute Gasteiger partial charge is 0.369 e. The Morgan fingerprint density at radius 2 is 1.97 bits per heavy atom. The molecule has 10 heteroatoms. The zero-order valence-electron chi connectivity index (χ0n) is 17.5. The number of aromatic nitrogens is 3. The lowest BCUT2D eigenvalue weighted by atomic mass is 10.2. The topological polar surface area (TPSA) is 89.4 Å². The molecule has 0 unspecified atom stereocenters. The van der Waals surface area contributed by atoms with Crippen LogP contribution in [0.1, 0.15) is 23.1 Å². The molecule has 0 spiro atoms. The summed E-state index contributed by atoms with van der Waals surface area (Å²) < 4.78 is 48.7. The third kappa shape index (κ3) is 4.46. The van der Waals surface area contributed by atoms with Crippen molar-refractivity contribution in [3.8, 4) is 0 Å². The van der Waals surface area contributed by atoms with Gasteiger partial charge in [-0.15, -0.1) is 0 Å². The standard InChI is InChI=1S/C21H24FN5O3S/c1-14-11-16(7-8-17(14)22)31(28,29)27-9-10-30-19(13-27)18-5-4-6-20(23-18)24-21-12-15(2)26(3)25-21/h4-8,11-12,19H,9-10,13H2,1-3H3,(H,23,24,25)/t19-/m0/s1. The van der Waals surface area contributed by atoms with Gasteiger partial charge in [0.25, 0.3) is 0 Å². The molecule has 164 valence electrons. The lowest BCUT2D eigenvalue weighted by Gasteiger charge is -2.32. The molecule has 1 saturated heterocycles. The normalized spacial score (nSPS) is 17.6. The van der Waals surface area contributed by atoms with Crippen LogP contribution >= 0.6 is 0 Å². The van der Waals surface area contributed by atoms with Crippen molar-refractivity contribution in [3.05, 3.63) is 65.2 Å². The smallest absolute Gasteiger partial charge is 0.243 e. The summed E-state index contributed by atoms with van der Waals surface area (Å²) in [7, 11) is -1.91. The SMILES string of the molecule is Cc1cc(S(=O)(=O)N2CCO[C@H](c3cccc(Nc4cc(C)n(C)n4)n3)C2)ccc1F. The van der Waals surface area contributed by atoms with Crippen molar-refractivity contribution in [3.63, 3.8) is 0 Å². The molecule has 3 aromatic rings. The number of anilines is 2. The minimum Gasteiger partial charge on any atom is -0.369 e. The molecule has 0 aliphatic carbocycles. The maximum atomic E-state index is 13.6. The summed E-state index contributed by atoms with van der Waals surface area (Å²) >= 11 is 0. The highest BCUT2D eigenvalue weighted by molar-refractivity contribution is 7.89. The van der Waals surface area contributed by atoms with Gasteiger partial charge in [-0.3, -0.25) is 4.68 Å². The molecule has 1 aliphatic rings. The number of hydrogen-bond acceptors (Lipinski definition) is 6. The van der Waals surface area contributed by atoms with Crippen LogP contribution in [0.5, 0.6) is 0 Å². The minimum absolute atomic E-state index is 0.0703. The number of aryl methyl sites for hydroxylation is 3. The van der Waals surface area contributed by atoms with Gasteiger partial charge < -0.3 is 10.1 Å². The van der Waals surface area contributed by atoms with E-state index in [0.29, 0.717) is 17.3 Å². The molecule has 1 aromatic carbocycles. The number of morpholine rings is 1. The van der Waals surface area contributed by atoms with Crippen LogP contribution in [0.3, 0.4) is 0 Å². The van der Waals surface area contributed by atoms with Crippen LogP contribution < -0.4 is 5.32 Å². The zero-order chi connectivity index (χ0) is 22.2. The number of benzene rings is 1. The Balaban J connectivity index is 1.53. The Bertz CT molecular complexity index is 1190. The van der Waals surface area contributed by atoms with Crippen molar-refractivity contribution < 1.29 is 17.5 Å². The fraction of sp³-hybridized carbons (Fsp3) is 0.333. The molecular formula is C21H24FN5O3S. The van der Waals surface area contributed by atoms with E-state index in [1.54, 1.807) is 17.7 Å². The fourth-order valence-corrected chi connectivity index (χ4v) is 4.91. The second-order valence-corrected chi connectivity index (χ2v) is 9.44. The first-order valence-corrected chi connectivity index (χ1v) is 11.3. The highest BCUT2D eigenvalue weighted by Crippen LogP contribution is 2.27. The van der Waals surface area contributed by atoms with Crippen molar-refractivity contribution in [1.29, 1.82) is 0 Å². The third-order valence-corrected chi connectivity index (χ3v) is 7.13. The number of sulfonamides is 1. The van der Waals surface area contributed by atoms with Crippen LogP contribution in [0.4, 0.5) is 16.0 Å². The Kier molecular flexibility index (Phi) is 5.78. The van der Waals surface area contributed by atoms with E-state index in [2.05, 4.69) is 15.4 Å². The number of nitrogens with one attached hydrogen (secondary N) is 1. The molecule has 3 heterocycles. The molecule has 8 nitrogen and oxygen atoms in total. The molecule has 0 amide bonds. The summed E-state index contributed by atoms with van der Waals surface area (Å²) in [4.78, 5) is 4.66. The summed E-state index contributed by atoms with van der Waals surface area (Å²) in [6.45, 7) is 4.08. The van der Waals surface area contributed by atoms with Crippen molar-refractivity contribution >= 4 is 21.7 Å². The van der Waals surface area contributed by atoms with Crippen molar-refractivity contribution in [1.82, 2.24) is 19.1 Å². The third-order valence-electron chi connectivity index (χ3n) is 5.27. The van der Waals surface area contributed by atoms with Gasteiger partial charge in [0.05, 0.1) is 17.2 Å². The number of pyridine rings is 1. The van der Waals surface area contributed by atoms with E-state index in [1.807, 2.05) is 32.2 Å². The first kappa shape index (κ1) is 21.4. The van der Waals surface area contributed by atoms with E-state index in [1.165, 1.54) is 22.5 Å². The molecular weight excluding hydrogens is 421 g/mol. The molecule has 1 aliphatic heterocycles. The second kappa shape index (κ2) is 8.37. The van der Waals surface area contributed by atoms with Crippen LogP contribution in [0.2, 0.25) is 0 Å². The molecule has 1 atom stereocenters. The summed E-state index contributed by atoms with van der Waals surface area (Å²) in [5, 5.41) is 7.52.